The van der Waals surface area contributed by atoms with Gasteiger partial charge in [0.05, 0.1) is 34.0 Å². The van der Waals surface area contributed by atoms with Crippen molar-refractivity contribution in [2.75, 3.05) is 28.4 Å². The third-order valence-electron chi connectivity index (χ3n) is 3.35. The summed E-state index contributed by atoms with van der Waals surface area (Å²) < 4.78 is 20.4. The van der Waals surface area contributed by atoms with Crippen molar-refractivity contribution in [2.45, 2.75) is 0 Å². The number of benzene rings is 2. The number of hydrogen-bond acceptors (Lipinski definition) is 5. The van der Waals surface area contributed by atoms with Gasteiger partial charge in [0.1, 0.15) is 22.8 Å². The monoisotopic (exact) mass is 326 g/mol. The summed E-state index contributed by atoms with van der Waals surface area (Å²) in [7, 11) is 5.98. The minimum absolute atomic E-state index is 0.324. The number of esters is 1. The van der Waals surface area contributed by atoms with Crippen molar-refractivity contribution in [3.8, 4) is 29.1 Å². The Morgan fingerprint density at radius 3 is 2.17 bits per heavy atom. The second-order valence-corrected chi connectivity index (χ2v) is 4.72. The highest BCUT2D eigenvalue weighted by molar-refractivity contribution is 5.92. The van der Waals surface area contributed by atoms with E-state index in [1.807, 2.05) is 0 Å². The van der Waals surface area contributed by atoms with Gasteiger partial charge in [-0.25, -0.2) is 4.79 Å². The van der Waals surface area contributed by atoms with E-state index in [1.165, 1.54) is 14.2 Å². The average Bonchev–Trinajstić information content (AvgIpc) is 2.65. The van der Waals surface area contributed by atoms with Crippen LogP contribution in [0, 0.1) is 11.8 Å². The molecule has 2 rings (SSSR count). The number of hydrogen-bond donors (Lipinski definition) is 0. The van der Waals surface area contributed by atoms with Crippen LogP contribution in [0.5, 0.6) is 17.2 Å². The van der Waals surface area contributed by atoms with Gasteiger partial charge < -0.3 is 18.9 Å². The molecule has 2 aromatic carbocycles. The van der Waals surface area contributed by atoms with Crippen molar-refractivity contribution in [1.82, 2.24) is 0 Å². The topological polar surface area (TPSA) is 54.0 Å². The van der Waals surface area contributed by atoms with E-state index in [2.05, 4.69) is 11.8 Å². The summed E-state index contributed by atoms with van der Waals surface area (Å²) in [5.74, 6) is 7.33. The predicted molar refractivity (Wildman–Crippen MR) is 89.9 cm³/mol. The van der Waals surface area contributed by atoms with Crippen LogP contribution in [0.3, 0.4) is 0 Å². The zero-order valence-electron chi connectivity index (χ0n) is 14.0. The molecule has 0 atom stereocenters. The van der Waals surface area contributed by atoms with Gasteiger partial charge >= 0.3 is 5.97 Å². The van der Waals surface area contributed by atoms with Gasteiger partial charge in [-0.3, -0.25) is 0 Å². The number of rotatable bonds is 4. The molecular formula is C19H18O5. The molecule has 0 unspecified atom stereocenters. The Morgan fingerprint density at radius 1 is 0.833 bits per heavy atom. The largest absolute Gasteiger partial charge is 0.497 e. The minimum Gasteiger partial charge on any atom is -0.497 e. The van der Waals surface area contributed by atoms with E-state index in [1.54, 1.807) is 50.6 Å². The van der Waals surface area contributed by atoms with Crippen LogP contribution in [0.4, 0.5) is 0 Å². The van der Waals surface area contributed by atoms with E-state index < -0.39 is 5.97 Å². The van der Waals surface area contributed by atoms with Gasteiger partial charge in [0.2, 0.25) is 0 Å². The minimum atomic E-state index is -0.477. The summed E-state index contributed by atoms with van der Waals surface area (Å²) >= 11 is 0. The lowest BCUT2D eigenvalue weighted by atomic mass is 10.1. The van der Waals surface area contributed by atoms with E-state index in [-0.39, 0.29) is 0 Å². The predicted octanol–water partition coefficient (Wildman–Crippen LogP) is 2.90. The molecule has 2 aromatic rings. The molecule has 0 amide bonds. The Labute approximate surface area is 141 Å². The normalized spacial score (nSPS) is 9.50. The fourth-order valence-electron chi connectivity index (χ4n) is 2.11. The van der Waals surface area contributed by atoms with Gasteiger partial charge in [0.15, 0.2) is 0 Å². The summed E-state index contributed by atoms with van der Waals surface area (Å²) in [5.41, 5.74) is 1.66. The first-order valence-corrected chi connectivity index (χ1v) is 7.13. The smallest absolute Gasteiger partial charge is 0.341 e. The van der Waals surface area contributed by atoms with E-state index >= 15 is 0 Å². The fraction of sp³-hybridized carbons (Fsp3) is 0.211. The summed E-state index contributed by atoms with van der Waals surface area (Å²) in [4.78, 5) is 11.8. The highest BCUT2D eigenvalue weighted by Gasteiger charge is 2.12. The Kier molecular flexibility index (Phi) is 5.69. The third kappa shape index (κ3) is 3.79. The average molecular weight is 326 g/mol. The molecule has 124 valence electrons. The zero-order valence-corrected chi connectivity index (χ0v) is 14.0. The zero-order chi connectivity index (χ0) is 17.5. The molecule has 0 aromatic heterocycles. The maximum Gasteiger partial charge on any atom is 0.341 e. The number of carbonyl (C=O) groups is 1. The van der Waals surface area contributed by atoms with Gasteiger partial charge in [0.25, 0.3) is 0 Å². The Hall–Kier alpha value is -3.13. The number of ether oxygens (including phenoxy) is 4. The van der Waals surface area contributed by atoms with Crippen molar-refractivity contribution >= 4 is 5.97 Å². The highest BCUT2D eigenvalue weighted by atomic mass is 16.5. The van der Waals surface area contributed by atoms with Crippen LogP contribution in [-0.2, 0) is 4.74 Å². The van der Waals surface area contributed by atoms with E-state index in [0.29, 0.717) is 33.9 Å². The molecule has 0 spiro atoms. The first kappa shape index (κ1) is 17.2. The standard InChI is InChI=1S/C19H18O5/c1-21-15-8-10-17(22-2)14(12-15)7-5-13-6-9-18(23-3)16(11-13)19(20)24-4/h6,8-12H,1-4H3. The molecule has 0 aliphatic rings. The summed E-state index contributed by atoms with van der Waals surface area (Å²) in [6.07, 6.45) is 0. The molecule has 0 heterocycles. The maximum absolute atomic E-state index is 11.8. The maximum atomic E-state index is 11.8. The number of carbonyl (C=O) groups excluding carboxylic acids is 1. The third-order valence-corrected chi connectivity index (χ3v) is 3.35. The summed E-state index contributed by atoms with van der Waals surface area (Å²) in [6.45, 7) is 0. The van der Waals surface area contributed by atoms with Crippen LogP contribution >= 0.6 is 0 Å². The SMILES string of the molecule is COC(=O)c1cc(C#Cc2cc(OC)ccc2OC)ccc1OC. The van der Waals surface area contributed by atoms with Crippen molar-refractivity contribution in [1.29, 1.82) is 0 Å². The molecule has 0 radical (unpaired) electrons. The van der Waals surface area contributed by atoms with Crippen LogP contribution in [0.15, 0.2) is 36.4 Å². The van der Waals surface area contributed by atoms with Crippen LogP contribution in [0.1, 0.15) is 21.5 Å². The molecular weight excluding hydrogens is 308 g/mol. The molecule has 0 N–H and O–H groups in total. The second kappa shape index (κ2) is 7.93. The Morgan fingerprint density at radius 2 is 1.54 bits per heavy atom. The van der Waals surface area contributed by atoms with Gasteiger partial charge in [-0.15, -0.1) is 0 Å². The van der Waals surface area contributed by atoms with Crippen LogP contribution in [0.25, 0.3) is 0 Å². The van der Waals surface area contributed by atoms with Crippen LogP contribution < -0.4 is 14.2 Å². The van der Waals surface area contributed by atoms with E-state index in [9.17, 15) is 4.79 Å². The van der Waals surface area contributed by atoms with Gasteiger partial charge in [0, 0.05) is 5.56 Å². The molecule has 5 heteroatoms. The molecule has 0 bridgehead atoms. The van der Waals surface area contributed by atoms with Crippen molar-refractivity contribution in [2.24, 2.45) is 0 Å². The van der Waals surface area contributed by atoms with Crippen molar-refractivity contribution in [3.63, 3.8) is 0 Å². The molecule has 0 saturated heterocycles. The highest BCUT2D eigenvalue weighted by Crippen LogP contribution is 2.24. The lowest BCUT2D eigenvalue weighted by Crippen LogP contribution is -2.04. The lowest BCUT2D eigenvalue weighted by Gasteiger charge is -2.07. The molecule has 5 nitrogen and oxygen atoms in total. The molecule has 24 heavy (non-hydrogen) atoms. The molecule has 0 aliphatic carbocycles. The van der Waals surface area contributed by atoms with Gasteiger partial charge in [-0.1, -0.05) is 11.8 Å². The fourth-order valence-corrected chi connectivity index (χ4v) is 2.11. The summed E-state index contributed by atoms with van der Waals surface area (Å²) in [5, 5.41) is 0. The molecule has 0 aliphatic heterocycles. The first-order valence-electron chi connectivity index (χ1n) is 7.13. The van der Waals surface area contributed by atoms with Crippen molar-refractivity contribution < 1.29 is 23.7 Å². The van der Waals surface area contributed by atoms with Crippen LogP contribution in [0.2, 0.25) is 0 Å². The second-order valence-electron chi connectivity index (χ2n) is 4.72. The van der Waals surface area contributed by atoms with Crippen molar-refractivity contribution in [3.05, 3.63) is 53.1 Å². The van der Waals surface area contributed by atoms with Gasteiger partial charge in [-0.2, -0.15) is 0 Å². The lowest BCUT2D eigenvalue weighted by molar-refractivity contribution is 0.0597. The Bertz CT molecular complexity index is 799. The number of methoxy groups -OCH3 is 4. The molecule has 0 saturated carbocycles. The van der Waals surface area contributed by atoms with Gasteiger partial charge in [-0.05, 0) is 36.4 Å². The molecule has 0 fully saturated rings. The Balaban J connectivity index is 2.43. The quantitative estimate of drug-likeness (QED) is 0.639. The summed E-state index contributed by atoms with van der Waals surface area (Å²) in [6, 6.07) is 10.5. The van der Waals surface area contributed by atoms with E-state index in [0.717, 1.165) is 0 Å². The van der Waals surface area contributed by atoms with Crippen LogP contribution in [-0.4, -0.2) is 34.4 Å². The van der Waals surface area contributed by atoms with E-state index in [4.69, 9.17) is 18.9 Å². The first-order chi connectivity index (χ1) is 11.6.